The highest BCUT2D eigenvalue weighted by Crippen LogP contribution is 2.26. The summed E-state index contributed by atoms with van der Waals surface area (Å²) >= 11 is 0. The minimum atomic E-state index is -0.275. The highest BCUT2D eigenvalue weighted by molar-refractivity contribution is 5.68. The first-order chi connectivity index (χ1) is 10.2. The van der Waals surface area contributed by atoms with Gasteiger partial charge in [-0.25, -0.2) is 4.79 Å². The summed E-state index contributed by atoms with van der Waals surface area (Å²) in [5.41, 5.74) is 1.46. The Morgan fingerprint density at radius 3 is 2.62 bits per heavy atom. The van der Waals surface area contributed by atoms with E-state index in [2.05, 4.69) is 11.0 Å². The van der Waals surface area contributed by atoms with Crippen LogP contribution in [0.25, 0.3) is 0 Å². The Morgan fingerprint density at radius 1 is 1.33 bits per heavy atom. The Kier molecular flexibility index (Phi) is 4.88. The van der Waals surface area contributed by atoms with Gasteiger partial charge in [0.05, 0.1) is 25.0 Å². The second-order valence-electron chi connectivity index (χ2n) is 4.67. The molecule has 0 unspecified atom stereocenters. The Bertz CT molecular complexity index is 546. The highest BCUT2D eigenvalue weighted by atomic mass is 16.6. The molecule has 1 heterocycles. The number of nitrogens with zero attached hydrogens (tertiary/aromatic N) is 3. The van der Waals surface area contributed by atoms with Crippen molar-refractivity contribution in [3.05, 3.63) is 23.8 Å². The molecule has 6 nitrogen and oxygen atoms in total. The van der Waals surface area contributed by atoms with E-state index in [-0.39, 0.29) is 6.09 Å². The zero-order chi connectivity index (χ0) is 15.2. The number of rotatable bonds is 3. The largest absolute Gasteiger partial charge is 0.497 e. The van der Waals surface area contributed by atoms with Gasteiger partial charge < -0.3 is 19.3 Å². The summed E-state index contributed by atoms with van der Waals surface area (Å²) in [7, 11) is 1.60. The lowest BCUT2D eigenvalue weighted by Crippen LogP contribution is -2.49. The second kappa shape index (κ2) is 6.84. The predicted molar refractivity (Wildman–Crippen MR) is 78.5 cm³/mol. The van der Waals surface area contributed by atoms with Crippen LogP contribution in [0.1, 0.15) is 12.5 Å². The summed E-state index contributed by atoms with van der Waals surface area (Å²) in [4.78, 5) is 15.5. The fraction of sp³-hybridized carbons (Fsp3) is 0.467. The number of hydrogen-bond donors (Lipinski definition) is 0. The number of carbonyl (C=O) groups excluding carboxylic acids is 1. The molecule has 1 aliphatic heterocycles. The standard InChI is InChI=1S/C15H19N3O3/c1-3-21-15(19)18-8-6-17(7-9-18)14-10-13(20-2)5-4-12(14)11-16/h4-5,10H,3,6-9H2,1-2H3. The van der Waals surface area contributed by atoms with Crippen molar-refractivity contribution < 1.29 is 14.3 Å². The fourth-order valence-corrected chi connectivity index (χ4v) is 2.34. The number of amides is 1. The van der Waals surface area contributed by atoms with E-state index in [0.717, 1.165) is 11.4 Å². The summed E-state index contributed by atoms with van der Waals surface area (Å²) in [6.45, 7) is 4.68. The molecule has 0 bridgehead atoms. The molecule has 0 spiro atoms. The van der Waals surface area contributed by atoms with Crippen LogP contribution < -0.4 is 9.64 Å². The maximum Gasteiger partial charge on any atom is 0.409 e. The van der Waals surface area contributed by atoms with Gasteiger partial charge in [-0.05, 0) is 19.1 Å². The minimum absolute atomic E-state index is 0.275. The molecule has 1 fully saturated rings. The van der Waals surface area contributed by atoms with Crippen LogP contribution in [0.5, 0.6) is 5.75 Å². The molecule has 0 aromatic heterocycles. The average molecular weight is 289 g/mol. The van der Waals surface area contributed by atoms with Crippen LogP contribution in [-0.4, -0.2) is 50.9 Å². The van der Waals surface area contributed by atoms with Crippen LogP contribution in [0.2, 0.25) is 0 Å². The van der Waals surface area contributed by atoms with Crippen molar-refractivity contribution in [3.8, 4) is 11.8 Å². The van der Waals surface area contributed by atoms with E-state index >= 15 is 0 Å². The molecular formula is C15H19N3O3. The fourth-order valence-electron chi connectivity index (χ4n) is 2.34. The molecule has 0 aliphatic carbocycles. The zero-order valence-corrected chi connectivity index (χ0v) is 12.3. The molecule has 6 heteroatoms. The third kappa shape index (κ3) is 3.37. The summed E-state index contributed by atoms with van der Waals surface area (Å²) in [6.07, 6.45) is -0.275. The van der Waals surface area contributed by atoms with Crippen LogP contribution >= 0.6 is 0 Å². The van der Waals surface area contributed by atoms with Crippen molar-refractivity contribution in [2.45, 2.75) is 6.92 Å². The molecule has 1 saturated heterocycles. The first kappa shape index (κ1) is 15.0. The first-order valence-corrected chi connectivity index (χ1v) is 6.94. The van der Waals surface area contributed by atoms with Gasteiger partial charge in [-0.3, -0.25) is 0 Å². The van der Waals surface area contributed by atoms with E-state index in [0.29, 0.717) is 38.3 Å². The molecule has 1 aromatic rings. The van der Waals surface area contributed by atoms with E-state index in [1.807, 2.05) is 6.07 Å². The summed E-state index contributed by atoms with van der Waals surface area (Å²) in [5, 5.41) is 9.22. The van der Waals surface area contributed by atoms with E-state index in [1.165, 1.54) is 0 Å². The zero-order valence-electron chi connectivity index (χ0n) is 12.3. The van der Waals surface area contributed by atoms with Crippen LogP contribution in [0, 0.1) is 11.3 Å². The maximum atomic E-state index is 11.7. The van der Waals surface area contributed by atoms with Crippen LogP contribution in [0.3, 0.4) is 0 Å². The lowest BCUT2D eigenvalue weighted by atomic mass is 10.1. The van der Waals surface area contributed by atoms with Gasteiger partial charge in [-0.2, -0.15) is 5.26 Å². The van der Waals surface area contributed by atoms with Gasteiger partial charge in [0.15, 0.2) is 0 Å². The lowest BCUT2D eigenvalue weighted by Gasteiger charge is -2.35. The van der Waals surface area contributed by atoms with Gasteiger partial charge in [0, 0.05) is 32.2 Å². The summed E-state index contributed by atoms with van der Waals surface area (Å²) in [6, 6.07) is 7.59. The molecule has 112 valence electrons. The Morgan fingerprint density at radius 2 is 2.05 bits per heavy atom. The average Bonchev–Trinajstić information content (AvgIpc) is 2.54. The van der Waals surface area contributed by atoms with Crippen molar-refractivity contribution in [3.63, 3.8) is 0 Å². The van der Waals surface area contributed by atoms with Gasteiger partial charge >= 0.3 is 6.09 Å². The molecule has 21 heavy (non-hydrogen) atoms. The number of ether oxygens (including phenoxy) is 2. The third-order valence-corrected chi connectivity index (χ3v) is 3.47. The van der Waals surface area contributed by atoms with Crippen LogP contribution in [-0.2, 0) is 4.74 Å². The number of piperazine rings is 1. The molecular weight excluding hydrogens is 270 g/mol. The van der Waals surface area contributed by atoms with E-state index in [1.54, 1.807) is 31.1 Å². The molecule has 0 N–H and O–H groups in total. The number of nitriles is 1. The molecule has 1 amide bonds. The van der Waals surface area contributed by atoms with E-state index in [9.17, 15) is 10.1 Å². The Hall–Kier alpha value is -2.42. The van der Waals surface area contributed by atoms with Crippen molar-refractivity contribution in [1.82, 2.24) is 4.90 Å². The molecule has 0 radical (unpaired) electrons. The van der Waals surface area contributed by atoms with Crippen molar-refractivity contribution >= 4 is 11.8 Å². The van der Waals surface area contributed by atoms with E-state index in [4.69, 9.17) is 9.47 Å². The Balaban J connectivity index is 2.08. The molecule has 2 rings (SSSR count). The van der Waals surface area contributed by atoms with Gasteiger partial charge in [0.1, 0.15) is 11.8 Å². The molecule has 0 atom stereocenters. The second-order valence-corrected chi connectivity index (χ2v) is 4.67. The topological polar surface area (TPSA) is 65.8 Å². The van der Waals surface area contributed by atoms with Crippen LogP contribution in [0.15, 0.2) is 18.2 Å². The third-order valence-electron chi connectivity index (χ3n) is 3.47. The first-order valence-electron chi connectivity index (χ1n) is 6.94. The summed E-state index contributed by atoms with van der Waals surface area (Å²) < 4.78 is 10.2. The number of benzene rings is 1. The minimum Gasteiger partial charge on any atom is -0.497 e. The van der Waals surface area contributed by atoms with Crippen LogP contribution in [0.4, 0.5) is 10.5 Å². The number of carbonyl (C=O) groups is 1. The van der Waals surface area contributed by atoms with Gasteiger partial charge in [0.2, 0.25) is 0 Å². The maximum absolute atomic E-state index is 11.7. The normalized spacial score (nSPS) is 14.5. The highest BCUT2D eigenvalue weighted by Gasteiger charge is 2.23. The number of anilines is 1. The van der Waals surface area contributed by atoms with E-state index < -0.39 is 0 Å². The van der Waals surface area contributed by atoms with Crippen molar-refractivity contribution in [2.75, 3.05) is 44.8 Å². The van der Waals surface area contributed by atoms with Gasteiger partial charge in [-0.1, -0.05) is 0 Å². The lowest BCUT2D eigenvalue weighted by molar-refractivity contribution is 0.105. The number of methoxy groups -OCH3 is 1. The van der Waals surface area contributed by atoms with Gasteiger partial charge in [0.25, 0.3) is 0 Å². The number of hydrogen-bond acceptors (Lipinski definition) is 5. The molecule has 1 aliphatic rings. The monoisotopic (exact) mass is 289 g/mol. The van der Waals surface area contributed by atoms with Crippen molar-refractivity contribution in [1.29, 1.82) is 5.26 Å². The van der Waals surface area contributed by atoms with Gasteiger partial charge in [-0.15, -0.1) is 0 Å². The molecule has 0 saturated carbocycles. The van der Waals surface area contributed by atoms with Crippen molar-refractivity contribution in [2.24, 2.45) is 0 Å². The quantitative estimate of drug-likeness (QED) is 0.849. The Labute approximate surface area is 124 Å². The predicted octanol–water partition coefficient (Wildman–Crippen LogP) is 1.85. The summed E-state index contributed by atoms with van der Waals surface area (Å²) in [5.74, 6) is 0.719. The molecule has 1 aromatic carbocycles. The SMILES string of the molecule is CCOC(=O)N1CCN(c2cc(OC)ccc2C#N)CC1. The smallest absolute Gasteiger partial charge is 0.409 e.